The van der Waals surface area contributed by atoms with Crippen molar-refractivity contribution in [2.45, 2.75) is 52.9 Å². The molecule has 4 rings (SSSR count). The summed E-state index contributed by atoms with van der Waals surface area (Å²) in [7, 11) is 0.0832. The topological polar surface area (TPSA) is 59.1 Å². The Kier molecular flexibility index (Phi) is 10.0. The van der Waals surface area contributed by atoms with Crippen molar-refractivity contribution in [1.82, 2.24) is 0 Å². The number of esters is 2. The Morgan fingerprint density at radius 3 is 1.40 bits per heavy atom. The number of hydrogen-bond donors (Lipinski definition) is 0. The number of fused-ring (bicyclic) bond motifs is 1. The highest BCUT2D eigenvalue weighted by Crippen LogP contribution is 2.66. The molecule has 0 amide bonds. The van der Waals surface area contributed by atoms with Gasteiger partial charge in [-0.15, -0.1) is 0 Å². The number of hydrogen-bond acceptors (Lipinski definition) is 6. The number of nitrogens with zero attached hydrogens (tertiary/aromatic N) is 2. The molecule has 0 aliphatic carbocycles. The maximum atomic E-state index is 14.2. The summed E-state index contributed by atoms with van der Waals surface area (Å²) >= 11 is 0. The van der Waals surface area contributed by atoms with Gasteiger partial charge in [0.2, 0.25) is 0 Å². The smallest absolute Gasteiger partial charge is 0.317 e. The Bertz CT molecular complexity index is 1270. The first-order valence-corrected chi connectivity index (χ1v) is 17.1. The molecule has 0 radical (unpaired) electrons. The first kappa shape index (κ1) is 32.0. The van der Waals surface area contributed by atoms with Crippen LogP contribution in [0, 0.1) is 10.8 Å². The first-order chi connectivity index (χ1) is 19.9. The Morgan fingerprint density at radius 2 is 1.05 bits per heavy atom. The van der Waals surface area contributed by atoms with Crippen molar-refractivity contribution in [3.63, 3.8) is 0 Å². The summed E-state index contributed by atoms with van der Waals surface area (Å²) in [6, 6.07) is 28.5. The van der Waals surface area contributed by atoms with Crippen LogP contribution in [0.25, 0.3) is 0 Å². The maximum absolute atomic E-state index is 14.2. The Balaban J connectivity index is 2.01. The number of methoxy groups -OCH3 is 2. The molecule has 0 saturated carbocycles. The lowest BCUT2D eigenvalue weighted by Gasteiger charge is -2.44. The first-order valence-electron chi connectivity index (χ1n) is 14.3. The average Bonchev–Trinajstić information content (AvgIpc) is 3.23. The van der Waals surface area contributed by atoms with Crippen molar-refractivity contribution in [3.8, 4) is 0 Å². The minimum Gasteiger partial charge on any atom is -0.468 e. The van der Waals surface area contributed by atoms with Crippen LogP contribution in [-0.2, 0) is 19.1 Å². The second-order valence-electron chi connectivity index (χ2n) is 13.0. The number of carbonyl (C=O) groups excluding carboxylic acids is 2. The fraction of sp³-hybridized carbons (Fsp3) is 0.412. The van der Waals surface area contributed by atoms with E-state index in [0.717, 1.165) is 22.0 Å². The summed E-state index contributed by atoms with van der Waals surface area (Å²) in [6.45, 7) is 14.7. The molecule has 0 saturated heterocycles. The maximum Gasteiger partial charge on any atom is 0.317 e. The monoisotopic (exact) mass is 606 g/mol. The fourth-order valence-corrected chi connectivity index (χ4v) is 12.2. The van der Waals surface area contributed by atoms with Gasteiger partial charge in [0.25, 0.3) is 0 Å². The van der Waals surface area contributed by atoms with Crippen molar-refractivity contribution in [3.05, 3.63) is 84.9 Å². The number of anilines is 2. The molecule has 8 heteroatoms. The normalized spacial score (nSPS) is 15.4. The number of rotatable bonds is 9. The van der Waals surface area contributed by atoms with Crippen LogP contribution in [-0.4, -0.2) is 50.6 Å². The molecule has 3 aromatic carbocycles. The summed E-state index contributed by atoms with van der Waals surface area (Å²) in [5.41, 5.74) is 0.481. The van der Waals surface area contributed by atoms with Crippen LogP contribution in [0.2, 0.25) is 0 Å². The lowest BCUT2D eigenvalue weighted by Crippen LogP contribution is -2.48. The Labute approximate surface area is 254 Å². The van der Waals surface area contributed by atoms with Gasteiger partial charge in [-0.25, -0.2) is 0 Å². The van der Waals surface area contributed by atoms with Crippen LogP contribution in [0.4, 0.5) is 11.4 Å². The third-order valence-corrected chi connectivity index (χ3v) is 12.7. The van der Waals surface area contributed by atoms with Crippen molar-refractivity contribution in [2.24, 2.45) is 10.8 Å². The molecule has 2 atom stereocenters. The standard InChI is InChI=1S/C34H44N2O4P2/c1-33(2,3)23-35-27-21-15-16-22-28(27)36(24-34(4,5)6)42(35)30(32(38)40-8)29(31(37)39-7)41(25-17-11-9-12-18-25)26-19-13-10-14-20-26/h9-22,29-30H,23-24H2,1-8H3/t29-,30-/m1/s1. The van der Waals surface area contributed by atoms with E-state index in [-0.39, 0.29) is 16.8 Å². The van der Waals surface area contributed by atoms with Gasteiger partial charge in [0, 0.05) is 13.1 Å². The van der Waals surface area contributed by atoms with Crippen molar-refractivity contribution in [1.29, 1.82) is 0 Å². The van der Waals surface area contributed by atoms with Crippen LogP contribution in [0.3, 0.4) is 0 Å². The zero-order chi connectivity index (χ0) is 30.7. The van der Waals surface area contributed by atoms with Crippen LogP contribution < -0.4 is 19.9 Å². The molecule has 0 unspecified atom stereocenters. The highest BCUT2D eigenvalue weighted by Gasteiger charge is 2.54. The molecule has 0 aromatic heterocycles. The van der Waals surface area contributed by atoms with Gasteiger partial charge in [-0.1, -0.05) is 114 Å². The van der Waals surface area contributed by atoms with Crippen LogP contribution in [0.5, 0.6) is 0 Å². The van der Waals surface area contributed by atoms with E-state index < -0.39 is 33.4 Å². The molecule has 1 heterocycles. The molecule has 224 valence electrons. The van der Waals surface area contributed by atoms with Gasteiger partial charge in [0.05, 0.1) is 25.6 Å². The van der Waals surface area contributed by atoms with E-state index in [2.05, 4.69) is 87.3 Å². The van der Waals surface area contributed by atoms with Crippen molar-refractivity contribution >= 4 is 50.1 Å². The number of carbonyl (C=O) groups is 2. The molecular formula is C34H44N2O4P2. The van der Waals surface area contributed by atoms with Crippen LogP contribution in [0.1, 0.15) is 41.5 Å². The highest BCUT2D eigenvalue weighted by molar-refractivity contribution is 7.76. The summed E-state index contributed by atoms with van der Waals surface area (Å²) in [5.74, 6) is -0.782. The fourth-order valence-electron chi connectivity index (χ4n) is 5.38. The van der Waals surface area contributed by atoms with Gasteiger partial charge >= 0.3 is 11.9 Å². The SMILES string of the molecule is COC(=O)[C@@H]([C@H](C(=O)OC)P1N(CC(C)(C)C)c2ccccc2N1CC(C)(C)C)P(c1ccccc1)c1ccccc1. The quantitative estimate of drug-likeness (QED) is 0.195. The lowest BCUT2D eigenvalue weighted by molar-refractivity contribution is -0.146. The molecule has 1 aliphatic heterocycles. The molecule has 42 heavy (non-hydrogen) atoms. The van der Waals surface area contributed by atoms with E-state index in [4.69, 9.17) is 9.47 Å². The van der Waals surface area contributed by atoms with E-state index in [1.807, 2.05) is 48.5 Å². The second kappa shape index (κ2) is 13.1. The van der Waals surface area contributed by atoms with Crippen LogP contribution in [0.15, 0.2) is 84.9 Å². The molecule has 1 aliphatic rings. The third-order valence-electron chi connectivity index (χ3n) is 6.96. The average molecular weight is 607 g/mol. The molecule has 0 bridgehead atoms. The lowest BCUT2D eigenvalue weighted by atomic mass is 9.96. The number of para-hydroxylation sites is 2. The number of benzene rings is 3. The van der Waals surface area contributed by atoms with E-state index in [1.165, 1.54) is 14.2 Å². The minimum absolute atomic E-state index is 0.0730. The van der Waals surface area contributed by atoms with E-state index in [9.17, 15) is 9.59 Å². The molecule has 0 N–H and O–H groups in total. The summed E-state index contributed by atoms with van der Waals surface area (Å²) < 4.78 is 15.9. The van der Waals surface area contributed by atoms with Gasteiger partial charge in [-0.05, 0) is 41.5 Å². The molecule has 3 aromatic rings. The summed E-state index contributed by atoms with van der Waals surface area (Å²) in [4.78, 5) is 28.4. The largest absolute Gasteiger partial charge is 0.468 e. The van der Waals surface area contributed by atoms with Crippen molar-refractivity contribution < 1.29 is 19.1 Å². The van der Waals surface area contributed by atoms with Crippen molar-refractivity contribution in [2.75, 3.05) is 36.6 Å². The van der Waals surface area contributed by atoms with Gasteiger partial charge in [-0.3, -0.25) is 9.59 Å². The third kappa shape index (κ3) is 7.16. The molecule has 0 spiro atoms. The van der Waals surface area contributed by atoms with Gasteiger partial charge in [0.15, 0.2) is 0 Å². The number of ether oxygens (including phenoxy) is 2. The summed E-state index contributed by atoms with van der Waals surface area (Å²) in [6.07, 6.45) is 0. The van der Waals surface area contributed by atoms with E-state index >= 15 is 0 Å². The molecule has 6 nitrogen and oxygen atoms in total. The molecular weight excluding hydrogens is 562 g/mol. The molecule has 0 fully saturated rings. The van der Waals surface area contributed by atoms with E-state index in [0.29, 0.717) is 13.1 Å². The van der Waals surface area contributed by atoms with Gasteiger partial charge in [0.1, 0.15) is 19.5 Å². The highest BCUT2D eigenvalue weighted by atomic mass is 31.1. The Morgan fingerprint density at radius 1 is 0.667 bits per heavy atom. The minimum atomic E-state index is -1.42. The zero-order valence-corrected chi connectivity index (χ0v) is 27.9. The second-order valence-corrected chi connectivity index (χ2v) is 17.5. The van der Waals surface area contributed by atoms with Gasteiger partial charge in [-0.2, -0.15) is 0 Å². The van der Waals surface area contributed by atoms with Crippen LogP contribution >= 0.6 is 16.1 Å². The Hall–Kier alpha value is -2.94. The predicted octanol–water partition coefficient (Wildman–Crippen LogP) is 6.93. The zero-order valence-electron chi connectivity index (χ0n) is 26.1. The van der Waals surface area contributed by atoms with E-state index in [1.54, 1.807) is 0 Å². The summed E-state index contributed by atoms with van der Waals surface area (Å²) in [5, 5.41) is 2.03. The predicted molar refractivity (Wildman–Crippen MR) is 178 cm³/mol. The van der Waals surface area contributed by atoms with Gasteiger partial charge < -0.3 is 18.8 Å².